The normalized spacial score (nSPS) is 12.3. The van der Waals surface area contributed by atoms with Crippen LogP contribution >= 0.6 is 11.8 Å². The number of carbonyl (C=O) groups excluding carboxylic acids is 1. The fourth-order valence-electron chi connectivity index (χ4n) is 2.64. The minimum Gasteiger partial charge on any atom is -0.454 e. The van der Waals surface area contributed by atoms with E-state index in [1.54, 1.807) is 6.20 Å². The summed E-state index contributed by atoms with van der Waals surface area (Å²) in [5.41, 5.74) is 1.91. The van der Waals surface area contributed by atoms with E-state index in [9.17, 15) is 4.79 Å². The highest BCUT2D eigenvalue weighted by atomic mass is 32.2. The number of carbonyl (C=O) groups is 1. The number of thioether (sulfide) groups is 1. The Morgan fingerprint density at radius 3 is 2.96 bits per heavy atom. The van der Waals surface area contributed by atoms with Crippen LogP contribution in [-0.2, 0) is 11.3 Å². The van der Waals surface area contributed by atoms with Crippen LogP contribution in [0.5, 0.6) is 11.5 Å². The average Bonchev–Trinajstić information content (AvgIpc) is 3.12. The fourth-order valence-corrected chi connectivity index (χ4v) is 3.51. The van der Waals surface area contributed by atoms with Crippen molar-refractivity contribution in [1.29, 1.82) is 0 Å². The predicted molar refractivity (Wildman–Crippen MR) is 96.9 cm³/mol. The van der Waals surface area contributed by atoms with Crippen molar-refractivity contribution < 1.29 is 14.3 Å². The van der Waals surface area contributed by atoms with Gasteiger partial charge >= 0.3 is 0 Å². The number of amides is 1. The molecule has 4 rings (SSSR count). The van der Waals surface area contributed by atoms with Gasteiger partial charge in [0.05, 0.1) is 11.3 Å². The molecule has 2 aromatic carbocycles. The van der Waals surface area contributed by atoms with E-state index in [0.717, 1.165) is 32.9 Å². The van der Waals surface area contributed by atoms with Crippen LogP contribution in [0.15, 0.2) is 59.6 Å². The number of hydrogen-bond donors (Lipinski definition) is 1. The molecule has 0 spiro atoms. The van der Waals surface area contributed by atoms with Gasteiger partial charge in [0.25, 0.3) is 0 Å². The van der Waals surface area contributed by atoms with Gasteiger partial charge in [-0.25, -0.2) is 0 Å². The molecule has 2 heterocycles. The van der Waals surface area contributed by atoms with Gasteiger partial charge < -0.3 is 14.8 Å². The number of ether oxygens (including phenoxy) is 2. The van der Waals surface area contributed by atoms with Crippen molar-refractivity contribution >= 4 is 28.6 Å². The van der Waals surface area contributed by atoms with E-state index in [4.69, 9.17) is 9.47 Å². The lowest BCUT2D eigenvalue weighted by Gasteiger charge is -2.07. The quantitative estimate of drug-likeness (QED) is 0.714. The third-order valence-electron chi connectivity index (χ3n) is 3.88. The summed E-state index contributed by atoms with van der Waals surface area (Å²) in [6, 6.07) is 15.6. The Bertz CT molecular complexity index is 924. The highest BCUT2D eigenvalue weighted by Crippen LogP contribution is 2.32. The molecule has 1 amide bonds. The molecule has 3 aromatic rings. The molecular formula is C19H16N2O3S. The molecular weight excluding hydrogens is 336 g/mol. The monoisotopic (exact) mass is 352 g/mol. The maximum atomic E-state index is 12.2. The van der Waals surface area contributed by atoms with Crippen molar-refractivity contribution in [3.63, 3.8) is 0 Å². The fraction of sp³-hybridized carbons (Fsp3) is 0.158. The molecule has 0 saturated carbocycles. The number of rotatable bonds is 5. The summed E-state index contributed by atoms with van der Waals surface area (Å²) in [5, 5.41) is 4.01. The summed E-state index contributed by atoms with van der Waals surface area (Å²) < 4.78 is 10.6. The minimum atomic E-state index is -0.0180. The van der Waals surface area contributed by atoms with Crippen LogP contribution in [0.1, 0.15) is 5.56 Å². The van der Waals surface area contributed by atoms with Gasteiger partial charge in [-0.15, -0.1) is 11.8 Å². The molecule has 0 fully saturated rings. The molecule has 1 aliphatic rings. The Kier molecular flexibility index (Phi) is 4.43. The van der Waals surface area contributed by atoms with Gasteiger partial charge in [0.2, 0.25) is 12.7 Å². The van der Waals surface area contributed by atoms with Crippen molar-refractivity contribution in [3.05, 3.63) is 60.3 Å². The van der Waals surface area contributed by atoms with Crippen LogP contribution in [0.4, 0.5) is 0 Å². The molecule has 0 saturated heterocycles. The Labute approximate surface area is 149 Å². The summed E-state index contributed by atoms with van der Waals surface area (Å²) in [7, 11) is 0. The first kappa shape index (κ1) is 15.8. The van der Waals surface area contributed by atoms with E-state index < -0.39 is 0 Å². The zero-order chi connectivity index (χ0) is 17.1. The lowest BCUT2D eigenvalue weighted by atomic mass is 10.2. The van der Waals surface area contributed by atoms with Crippen molar-refractivity contribution in [1.82, 2.24) is 10.3 Å². The standard InChI is InChI=1S/C19H16N2O3S/c22-18(21-10-13-6-7-15-16(9-13)24-12-23-15)11-25-17-5-1-3-14-4-2-8-20-19(14)17/h1-9H,10-12H2,(H,21,22). The van der Waals surface area contributed by atoms with E-state index in [0.29, 0.717) is 12.3 Å². The first-order valence-electron chi connectivity index (χ1n) is 7.91. The van der Waals surface area contributed by atoms with Crippen molar-refractivity contribution in [3.8, 4) is 11.5 Å². The van der Waals surface area contributed by atoms with Crippen LogP contribution < -0.4 is 14.8 Å². The lowest BCUT2D eigenvalue weighted by molar-refractivity contribution is -0.118. The minimum absolute atomic E-state index is 0.0180. The van der Waals surface area contributed by atoms with Crippen molar-refractivity contribution in [2.24, 2.45) is 0 Å². The summed E-state index contributed by atoms with van der Waals surface area (Å²) in [4.78, 5) is 17.6. The van der Waals surface area contributed by atoms with Crippen LogP contribution in [0.25, 0.3) is 10.9 Å². The molecule has 25 heavy (non-hydrogen) atoms. The Balaban J connectivity index is 1.35. The Hall–Kier alpha value is -2.73. The molecule has 0 aliphatic carbocycles. The number of nitrogens with zero attached hydrogens (tertiary/aromatic N) is 1. The van der Waals surface area contributed by atoms with Gasteiger partial charge in [0.15, 0.2) is 11.5 Å². The molecule has 1 aliphatic heterocycles. The summed E-state index contributed by atoms with van der Waals surface area (Å²) in [6.07, 6.45) is 1.77. The molecule has 6 heteroatoms. The first-order valence-corrected chi connectivity index (χ1v) is 8.90. The number of aromatic nitrogens is 1. The highest BCUT2D eigenvalue weighted by molar-refractivity contribution is 8.00. The lowest BCUT2D eigenvalue weighted by Crippen LogP contribution is -2.24. The zero-order valence-electron chi connectivity index (χ0n) is 13.4. The third-order valence-corrected chi connectivity index (χ3v) is 4.93. The summed E-state index contributed by atoms with van der Waals surface area (Å²) in [5.74, 6) is 1.80. The second-order valence-electron chi connectivity index (χ2n) is 5.58. The van der Waals surface area contributed by atoms with Gasteiger partial charge in [-0.2, -0.15) is 0 Å². The predicted octanol–water partition coefficient (Wildman–Crippen LogP) is 3.37. The number of para-hydroxylation sites is 1. The molecule has 5 nitrogen and oxygen atoms in total. The third kappa shape index (κ3) is 3.53. The number of benzene rings is 2. The van der Waals surface area contributed by atoms with Crippen LogP contribution in [0, 0.1) is 0 Å². The largest absolute Gasteiger partial charge is 0.454 e. The maximum absolute atomic E-state index is 12.2. The van der Waals surface area contributed by atoms with E-state index in [2.05, 4.69) is 10.3 Å². The number of nitrogens with one attached hydrogen (secondary N) is 1. The second-order valence-corrected chi connectivity index (χ2v) is 6.60. The maximum Gasteiger partial charge on any atom is 0.231 e. The van der Waals surface area contributed by atoms with Crippen LogP contribution in [-0.4, -0.2) is 23.4 Å². The second kappa shape index (κ2) is 7.03. The zero-order valence-corrected chi connectivity index (χ0v) is 14.2. The molecule has 0 unspecified atom stereocenters. The van der Waals surface area contributed by atoms with Gasteiger partial charge in [0.1, 0.15) is 0 Å². The molecule has 126 valence electrons. The van der Waals surface area contributed by atoms with Gasteiger partial charge in [0, 0.05) is 23.0 Å². The Morgan fingerprint density at radius 2 is 2.00 bits per heavy atom. The molecule has 0 atom stereocenters. The molecule has 1 aromatic heterocycles. The van der Waals surface area contributed by atoms with Crippen molar-refractivity contribution in [2.75, 3.05) is 12.5 Å². The SMILES string of the molecule is O=C(CSc1cccc2cccnc12)NCc1ccc2c(c1)OCO2. The summed E-state index contributed by atoms with van der Waals surface area (Å²) in [6.45, 7) is 0.713. The van der Waals surface area contributed by atoms with E-state index >= 15 is 0 Å². The van der Waals surface area contributed by atoms with E-state index in [-0.39, 0.29) is 12.7 Å². The topological polar surface area (TPSA) is 60.5 Å². The average molecular weight is 352 g/mol. The summed E-state index contributed by atoms with van der Waals surface area (Å²) >= 11 is 1.49. The van der Waals surface area contributed by atoms with E-state index in [1.165, 1.54) is 11.8 Å². The first-order chi connectivity index (χ1) is 12.3. The van der Waals surface area contributed by atoms with E-state index in [1.807, 2.05) is 48.5 Å². The van der Waals surface area contributed by atoms with Gasteiger partial charge in [-0.05, 0) is 29.8 Å². The smallest absolute Gasteiger partial charge is 0.231 e. The number of hydrogen-bond acceptors (Lipinski definition) is 5. The molecule has 0 radical (unpaired) electrons. The van der Waals surface area contributed by atoms with Crippen LogP contribution in [0.2, 0.25) is 0 Å². The number of fused-ring (bicyclic) bond motifs is 2. The highest BCUT2D eigenvalue weighted by Gasteiger charge is 2.13. The van der Waals surface area contributed by atoms with Gasteiger partial charge in [-0.3, -0.25) is 9.78 Å². The molecule has 1 N–H and O–H groups in total. The van der Waals surface area contributed by atoms with Crippen LogP contribution in [0.3, 0.4) is 0 Å². The number of pyridine rings is 1. The molecule has 0 bridgehead atoms. The Morgan fingerprint density at radius 1 is 1.12 bits per heavy atom. The van der Waals surface area contributed by atoms with Crippen molar-refractivity contribution in [2.45, 2.75) is 11.4 Å². The van der Waals surface area contributed by atoms with Gasteiger partial charge in [-0.1, -0.05) is 24.3 Å².